The molecule has 6 heteroatoms. The van der Waals surface area contributed by atoms with Gasteiger partial charge in [-0.2, -0.15) is 5.10 Å². The van der Waals surface area contributed by atoms with Crippen LogP contribution in [0.2, 0.25) is 0 Å². The van der Waals surface area contributed by atoms with Crippen molar-refractivity contribution in [2.24, 2.45) is 0 Å². The van der Waals surface area contributed by atoms with E-state index in [0.717, 1.165) is 37.3 Å². The van der Waals surface area contributed by atoms with Gasteiger partial charge in [0.05, 0.1) is 6.33 Å². The fraction of sp³-hybridized carbons (Fsp3) is 0.267. The maximum atomic E-state index is 5.33. The highest BCUT2D eigenvalue weighted by Crippen LogP contribution is 2.17. The number of nitrogens with zero attached hydrogens (tertiary/aromatic N) is 4. The van der Waals surface area contributed by atoms with Crippen LogP contribution in [0, 0.1) is 4.77 Å². The number of imidazole rings is 1. The van der Waals surface area contributed by atoms with Crippen LogP contribution in [-0.4, -0.2) is 24.3 Å². The standard InChI is InChI=1S/C15H17N5S/c21-15-18-17-14(13-6-2-1-3-7-13)20(15)10-5-4-9-19-11-8-16-12-19/h1-3,6-8,11-12H,4-5,9-10H2,(H,18,21). The van der Waals surface area contributed by atoms with Gasteiger partial charge in [-0.3, -0.25) is 5.10 Å². The van der Waals surface area contributed by atoms with Gasteiger partial charge in [0, 0.05) is 31.0 Å². The number of aromatic amines is 1. The summed E-state index contributed by atoms with van der Waals surface area (Å²) in [5.41, 5.74) is 1.08. The van der Waals surface area contributed by atoms with Crippen molar-refractivity contribution in [2.75, 3.05) is 0 Å². The number of hydrogen-bond donors (Lipinski definition) is 1. The Bertz CT molecular complexity index is 727. The third-order valence-corrected chi connectivity index (χ3v) is 3.71. The molecule has 1 N–H and O–H groups in total. The monoisotopic (exact) mass is 299 g/mol. The summed E-state index contributed by atoms with van der Waals surface area (Å²) in [7, 11) is 0. The number of H-pyrrole nitrogens is 1. The Hall–Kier alpha value is -2.21. The lowest BCUT2D eigenvalue weighted by molar-refractivity contribution is 0.551. The van der Waals surface area contributed by atoms with Gasteiger partial charge in [-0.1, -0.05) is 30.3 Å². The second-order valence-corrected chi connectivity index (χ2v) is 5.26. The summed E-state index contributed by atoms with van der Waals surface area (Å²) in [4.78, 5) is 4.04. The summed E-state index contributed by atoms with van der Waals surface area (Å²) in [6, 6.07) is 10.1. The third-order valence-electron chi connectivity index (χ3n) is 3.40. The lowest BCUT2D eigenvalue weighted by Gasteiger charge is -2.07. The molecule has 0 spiro atoms. The van der Waals surface area contributed by atoms with Gasteiger partial charge < -0.3 is 9.13 Å². The van der Waals surface area contributed by atoms with E-state index in [1.165, 1.54) is 0 Å². The molecule has 2 aromatic heterocycles. The van der Waals surface area contributed by atoms with Gasteiger partial charge in [-0.15, -0.1) is 0 Å². The van der Waals surface area contributed by atoms with Crippen LogP contribution in [0.3, 0.4) is 0 Å². The molecule has 0 radical (unpaired) electrons. The summed E-state index contributed by atoms with van der Waals surface area (Å²) in [5.74, 6) is 0.906. The molecule has 0 unspecified atom stereocenters. The fourth-order valence-electron chi connectivity index (χ4n) is 2.32. The van der Waals surface area contributed by atoms with E-state index in [1.807, 2.05) is 42.9 Å². The molecule has 0 aliphatic heterocycles. The number of benzene rings is 1. The molecule has 3 aromatic rings. The highest BCUT2D eigenvalue weighted by atomic mass is 32.1. The molecule has 0 atom stereocenters. The largest absolute Gasteiger partial charge is 0.337 e. The van der Waals surface area contributed by atoms with Crippen LogP contribution in [0.4, 0.5) is 0 Å². The normalized spacial score (nSPS) is 10.9. The van der Waals surface area contributed by atoms with Gasteiger partial charge in [-0.05, 0) is 25.1 Å². The van der Waals surface area contributed by atoms with Crippen LogP contribution in [0.25, 0.3) is 11.4 Å². The van der Waals surface area contributed by atoms with Crippen molar-refractivity contribution in [3.8, 4) is 11.4 Å². The maximum Gasteiger partial charge on any atom is 0.195 e. The Morgan fingerprint density at radius 2 is 1.90 bits per heavy atom. The van der Waals surface area contributed by atoms with Gasteiger partial charge in [-0.25, -0.2) is 4.98 Å². The van der Waals surface area contributed by atoms with Crippen molar-refractivity contribution in [3.63, 3.8) is 0 Å². The topological polar surface area (TPSA) is 51.4 Å². The lowest BCUT2D eigenvalue weighted by atomic mass is 10.2. The highest BCUT2D eigenvalue weighted by Gasteiger charge is 2.07. The lowest BCUT2D eigenvalue weighted by Crippen LogP contribution is -2.03. The zero-order valence-corrected chi connectivity index (χ0v) is 12.5. The molecule has 0 aliphatic carbocycles. The first kappa shape index (κ1) is 13.8. The van der Waals surface area contributed by atoms with Crippen molar-refractivity contribution in [3.05, 3.63) is 53.8 Å². The second-order valence-electron chi connectivity index (χ2n) is 4.88. The third kappa shape index (κ3) is 3.28. The summed E-state index contributed by atoms with van der Waals surface area (Å²) in [5, 5.41) is 7.24. The number of nitrogens with one attached hydrogen (secondary N) is 1. The highest BCUT2D eigenvalue weighted by molar-refractivity contribution is 7.71. The number of unbranched alkanes of at least 4 members (excludes halogenated alkanes) is 1. The van der Waals surface area contributed by atoms with Crippen molar-refractivity contribution in [1.29, 1.82) is 0 Å². The molecule has 0 saturated heterocycles. The van der Waals surface area contributed by atoms with Crippen molar-refractivity contribution < 1.29 is 0 Å². The Kier molecular flexibility index (Phi) is 4.25. The van der Waals surface area contributed by atoms with E-state index in [4.69, 9.17) is 12.2 Å². The molecule has 5 nitrogen and oxygen atoms in total. The molecule has 108 valence electrons. The Morgan fingerprint density at radius 1 is 1.10 bits per heavy atom. The average Bonchev–Trinajstić information content (AvgIpc) is 3.15. The minimum absolute atomic E-state index is 0.677. The average molecular weight is 299 g/mol. The molecular weight excluding hydrogens is 282 g/mol. The van der Waals surface area contributed by atoms with E-state index in [2.05, 4.69) is 24.3 Å². The predicted molar refractivity (Wildman–Crippen MR) is 84.3 cm³/mol. The van der Waals surface area contributed by atoms with E-state index < -0.39 is 0 Å². The molecular formula is C15H17N5S. The predicted octanol–water partition coefficient (Wildman–Crippen LogP) is 3.28. The van der Waals surface area contributed by atoms with Crippen molar-refractivity contribution >= 4 is 12.2 Å². The van der Waals surface area contributed by atoms with E-state index >= 15 is 0 Å². The van der Waals surface area contributed by atoms with E-state index in [-0.39, 0.29) is 0 Å². The first-order valence-corrected chi connectivity index (χ1v) is 7.42. The molecule has 0 aliphatic rings. The number of aryl methyl sites for hydroxylation is 1. The molecule has 0 amide bonds. The summed E-state index contributed by atoms with van der Waals surface area (Å²) in [6.07, 6.45) is 7.76. The van der Waals surface area contributed by atoms with Crippen molar-refractivity contribution in [2.45, 2.75) is 25.9 Å². The molecule has 2 heterocycles. The molecule has 0 bridgehead atoms. The number of hydrogen-bond acceptors (Lipinski definition) is 3. The molecule has 0 fully saturated rings. The van der Waals surface area contributed by atoms with Crippen LogP contribution in [0.1, 0.15) is 12.8 Å². The molecule has 1 aromatic carbocycles. The van der Waals surface area contributed by atoms with E-state index in [9.17, 15) is 0 Å². The molecule has 3 rings (SSSR count). The quantitative estimate of drug-likeness (QED) is 0.561. The van der Waals surface area contributed by atoms with Crippen LogP contribution >= 0.6 is 12.2 Å². The van der Waals surface area contributed by atoms with Crippen LogP contribution in [-0.2, 0) is 13.1 Å². The number of aromatic nitrogens is 5. The minimum atomic E-state index is 0.677. The minimum Gasteiger partial charge on any atom is -0.337 e. The van der Waals surface area contributed by atoms with E-state index in [1.54, 1.807) is 6.20 Å². The smallest absolute Gasteiger partial charge is 0.195 e. The van der Waals surface area contributed by atoms with Crippen LogP contribution < -0.4 is 0 Å². The number of rotatable bonds is 6. The molecule has 0 saturated carbocycles. The summed E-state index contributed by atoms with van der Waals surface area (Å²) < 4.78 is 4.84. The van der Waals surface area contributed by atoms with Gasteiger partial charge in [0.15, 0.2) is 10.6 Å². The van der Waals surface area contributed by atoms with Gasteiger partial charge in [0.25, 0.3) is 0 Å². The zero-order chi connectivity index (χ0) is 14.5. The first-order chi connectivity index (χ1) is 10.3. The van der Waals surface area contributed by atoms with E-state index in [0.29, 0.717) is 4.77 Å². The van der Waals surface area contributed by atoms with Gasteiger partial charge in [0.1, 0.15) is 0 Å². The Morgan fingerprint density at radius 3 is 2.67 bits per heavy atom. The fourth-order valence-corrected chi connectivity index (χ4v) is 2.54. The van der Waals surface area contributed by atoms with Crippen LogP contribution in [0.5, 0.6) is 0 Å². The van der Waals surface area contributed by atoms with Gasteiger partial charge in [0.2, 0.25) is 0 Å². The SMILES string of the molecule is S=c1[nH]nc(-c2ccccc2)n1CCCCn1ccnc1. The first-order valence-electron chi connectivity index (χ1n) is 7.01. The molecule has 21 heavy (non-hydrogen) atoms. The summed E-state index contributed by atoms with van der Waals surface area (Å²) >= 11 is 5.33. The Balaban J connectivity index is 1.65. The summed E-state index contributed by atoms with van der Waals surface area (Å²) in [6.45, 7) is 1.85. The Labute approximate surface area is 128 Å². The van der Waals surface area contributed by atoms with Gasteiger partial charge >= 0.3 is 0 Å². The maximum absolute atomic E-state index is 5.33. The zero-order valence-electron chi connectivity index (χ0n) is 11.6. The second kappa shape index (κ2) is 6.49. The van der Waals surface area contributed by atoms with Crippen molar-refractivity contribution in [1.82, 2.24) is 24.3 Å². The van der Waals surface area contributed by atoms with Crippen LogP contribution in [0.15, 0.2) is 49.1 Å².